The van der Waals surface area contributed by atoms with Crippen LogP contribution >= 0.6 is 11.8 Å². The minimum atomic E-state index is -0.272. The van der Waals surface area contributed by atoms with Gasteiger partial charge in [0.05, 0.1) is 5.75 Å². The molecule has 0 radical (unpaired) electrons. The fourth-order valence-electron chi connectivity index (χ4n) is 3.58. The Hall–Kier alpha value is -2.80. The van der Waals surface area contributed by atoms with E-state index in [1.54, 1.807) is 0 Å². The predicted octanol–water partition coefficient (Wildman–Crippen LogP) is 6.24. The molecule has 176 valence electrons. The number of ether oxygens (including phenoxy) is 1. The summed E-state index contributed by atoms with van der Waals surface area (Å²) in [6, 6.07) is 15.9. The van der Waals surface area contributed by atoms with Gasteiger partial charge in [0.25, 0.3) is 0 Å². The Morgan fingerprint density at radius 2 is 1.73 bits per heavy atom. The molecule has 1 atom stereocenters. The Balaban J connectivity index is 1.74. The number of carbonyl (C=O) groups excluding carboxylic acids is 1. The first-order valence-corrected chi connectivity index (χ1v) is 12.4. The third-order valence-electron chi connectivity index (χ3n) is 5.25. The number of rotatable bonds is 10. The van der Waals surface area contributed by atoms with Crippen LogP contribution in [0.25, 0.3) is 0 Å². The summed E-state index contributed by atoms with van der Waals surface area (Å²) in [4.78, 5) is 12.5. The first kappa shape index (κ1) is 24.8. The van der Waals surface area contributed by atoms with E-state index in [-0.39, 0.29) is 17.8 Å². The van der Waals surface area contributed by atoms with Gasteiger partial charge in [0.1, 0.15) is 5.75 Å². The zero-order valence-electron chi connectivity index (χ0n) is 20.3. The molecule has 6 nitrogen and oxygen atoms in total. The number of para-hydroxylation sites is 2. The molecule has 2 aromatic carbocycles. The number of aromatic nitrogens is 3. The lowest BCUT2D eigenvalue weighted by molar-refractivity contribution is -0.113. The molecule has 0 aliphatic heterocycles. The van der Waals surface area contributed by atoms with Crippen molar-refractivity contribution < 1.29 is 9.53 Å². The highest BCUT2D eigenvalue weighted by atomic mass is 32.2. The van der Waals surface area contributed by atoms with Gasteiger partial charge in [-0.2, -0.15) is 0 Å². The summed E-state index contributed by atoms with van der Waals surface area (Å²) >= 11 is 1.40. The van der Waals surface area contributed by atoms with Crippen molar-refractivity contribution in [1.82, 2.24) is 14.8 Å². The molecular weight excluding hydrogens is 432 g/mol. The van der Waals surface area contributed by atoms with Crippen LogP contribution in [0.5, 0.6) is 5.75 Å². The van der Waals surface area contributed by atoms with E-state index in [1.807, 2.05) is 56.3 Å². The number of amides is 1. The summed E-state index contributed by atoms with van der Waals surface area (Å²) in [7, 11) is 0. The van der Waals surface area contributed by atoms with Crippen LogP contribution in [0.15, 0.2) is 53.7 Å². The van der Waals surface area contributed by atoms with Gasteiger partial charge < -0.3 is 14.6 Å². The van der Waals surface area contributed by atoms with Gasteiger partial charge in [-0.15, -0.1) is 10.2 Å². The summed E-state index contributed by atoms with van der Waals surface area (Å²) in [6.07, 6.45) is -0.272. The fraction of sp³-hybridized carbons (Fsp3) is 0.423. The molecule has 1 heterocycles. The molecule has 33 heavy (non-hydrogen) atoms. The number of nitrogens with zero attached hydrogens (tertiary/aromatic N) is 3. The topological polar surface area (TPSA) is 69.0 Å². The minimum Gasteiger partial charge on any atom is -0.482 e. The lowest BCUT2D eigenvalue weighted by atomic mass is 10.0. The Labute approximate surface area is 201 Å². The molecule has 1 N–H and O–H groups in total. The largest absolute Gasteiger partial charge is 0.482 e. The first-order chi connectivity index (χ1) is 15.8. The van der Waals surface area contributed by atoms with Gasteiger partial charge in [0.15, 0.2) is 17.1 Å². The van der Waals surface area contributed by atoms with Gasteiger partial charge in [0, 0.05) is 12.2 Å². The molecule has 0 saturated heterocycles. The molecule has 0 bridgehead atoms. The summed E-state index contributed by atoms with van der Waals surface area (Å²) in [5, 5.41) is 12.6. The number of aryl methyl sites for hydroxylation is 1. The highest BCUT2D eigenvalue weighted by molar-refractivity contribution is 7.99. The van der Waals surface area contributed by atoms with Crippen molar-refractivity contribution in [1.29, 1.82) is 0 Å². The summed E-state index contributed by atoms with van der Waals surface area (Å²) in [5.74, 6) is 2.59. The zero-order chi connectivity index (χ0) is 24.0. The third-order valence-corrected chi connectivity index (χ3v) is 6.22. The van der Waals surface area contributed by atoms with Gasteiger partial charge in [-0.25, -0.2) is 0 Å². The van der Waals surface area contributed by atoms with Crippen LogP contribution < -0.4 is 10.1 Å². The minimum absolute atomic E-state index is 0.0647. The fourth-order valence-corrected chi connectivity index (χ4v) is 4.34. The van der Waals surface area contributed by atoms with Crippen molar-refractivity contribution >= 4 is 23.4 Å². The normalized spacial score (nSPS) is 12.2. The monoisotopic (exact) mass is 466 g/mol. The molecule has 3 rings (SSSR count). The van der Waals surface area contributed by atoms with Crippen molar-refractivity contribution in [2.75, 3.05) is 11.1 Å². The van der Waals surface area contributed by atoms with E-state index < -0.39 is 0 Å². The maximum Gasteiger partial charge on any atom is 0.234 e. The molecule has 1 unspecified atom stereocenters. The molecule has 0 spiro atoms. The number of carbonyl (C=O) groups is 1. The second kappa shape index (κ2) is 11.4. The zero-order valence-corrected chi connectivity index (χ0v) is 21.1. The van der Waals surface area contributed by atoms with Crippen LogP contribution in [-0.2, 0) is 11.3 Å². The van der Waals surface area contributed by atoms with Crippen molar-refractivity contribution in [2.45, 2.75) is 65.3 Å². The van der Waals surface area contributed by atoms with Crippen molar-refractivity contribution in [2.24, 2.45) is 5.92 Å². The van der Waals surface area contributed by atoms with Crippen LogP contribution in [0.1, 0.15) is 63.6 Å². The number of anilines is 1. The van der Waals surface area contributed by atoms with E-state index in [0.717, 1.165) is 34.5 Å². The number of benzene rings is 2. The SMILES string of the molecule is Cc1ccccc1NC(=O)CSc1nnc(C(C)Oc2ccccc2C(C)C)n1CC(C)C. The van der Waals surface area contributed by atoms with E-state index in [1.165, 1.54) is 17.3 Å². The molecule has 0 aliphatic carbocycles. The first-order valence-electron chi connectivity index (χ1n) is 11.4. The second-order valence-electron chi connectivity index (χ2n) is 8.95. The van der Waals surface area contributed by atoms with E-state index >= 15 is 0 Å². The van der Waals surface area contributed by atoms with Crippen molar-refractivity contribution in [3.63, 3.8) is 0 Å². The quantitative estimate of drug-likeness (QED) is 0.358. The number of hydrogen-bond donors (Lipinski definition) is 1. The summed E-state index contributed by atoms with van der Waals surface area (Å²) < 4.78 is 8.42. The number of thioether (sulfide) groups is 1. The third kappa shape index (κ3) is 6.60. The summed E-state index contributed by atoms with van der Waals surface area (Å²) in [6.45, 7) is 13.4. The molecule has 3 aromatic rings. The Morgan fingerprint density at radius 1 is 1.03 bits per heavy atom. The number of hydrogen-bond acceptors (Lipinski definition) is 5. The Bertz CT molecular complexity index is 1080. The van der Waals surface area contributed by atoms with Gasteiger partial charge in [0.2, 0.25) is 5.91 Å². The van der Waals surface area contributed by atoms with E-state index in [9.17, 15) is 4.79 Å². The average Bonchev–Trinajstić information content (AvgIpc) is 3.16. The standard InChI is InChI=1S/C26H34N4O2S/c1-17(2)15-30-25(20(6)32-23-14-10-8-12-21(23)18(3)4)28-29-26(30)33-16-24(31)27-22-13-9-7-11-19(22)5/h7-14,17-18,20H,15-16H2,1-6H3,(H,27,31). The van der Waals surface area contributed by atoms with Crippen LogP contribution in [0.3, 0.4) is 0 Å². The Kier molecular flexibility index (Phi) is 8.55. The lowest BCUT2D eigenvalue weighted by Gasteiger charge is -2.20. The molecule has 0 aliphatic rings. The van der Waals surface area contributed by atoms with Crippen LogP contribution in [-0.4, -0.2) is 26.4 Å². The maximum absolute atomic E-state index is 12.5. The molecule has 1 aromatic heterocycles. The maximum atomic E-state index is 12.5. The van der Waals surface area contributed by atoms with E-state index in [4.69, 9.17) is 4.74 Å². The average molecular weight is 467 g/mol. The highest BCUT2D eigenvalue weighted by Crippen LogP contribution is 2.31. The van der Waals surface area contributed by atoms with Gasteiger partial charge >= 0.3 is 0 Å². The summed E-state index contributed by atoms with van der Waals surface area (Å²) in [5.41, 5.74) is 3.04. The van der Waals surface area contributed by atoms with Crippen LogP contribution in [0, 0.1) is 12.8 Å². The molecule has 1 amide bonds. The van der Waals surface area contributed by atoms with Crippen molar-refractivity contribution in [3.05, 3.63) is 65.5 Å². The second-order valence-corrected chi connectivity index (χ2v) is 9.89. The Morgan fingerprint density at radius 3 is 2.42 bits per heavy atom. The number of nitrogens with one attached hydrogen (secondary N) is 1. The predicted molar refractivity (Wildman–Crippen MR) is 135 cm³/mol. The lowest BCUT2D eigenvalue weighted by Crippen LogP contribution is -2.17. The van der Waals surface area contributed by atoms with Gasteiger partial charge in [-0.1, -0.05) is 75.9 Å². The smallest absolute Gasteiger partial charge is 0.234 e. The van der Waals surface area contributed by atoms with Gasteiger partial charge in [-0.3, -0.25) is 4.79 Å². The molecule has 7 heteroatoms. The molecule has 0 saturated carbocycles. The molecular formula is C26H34N4O2S. The van der Waals surface area contributed by atoms with E-state index in [0.29, 0.717) is 11.8 Å². The highest BCUT2D eigenvalue weighted by Gasteiger charge is 2.22. The van der Waals surface area contributed by atoms with Crippen molar-refractivity contribution in [3.8, 4) is 5.75 Å². The van der Waals surface area contributed by atoms with Crippen LogP contribution in [0.2, 0.25) is 0 Å². The molecule has 0 fully saturated rings. The van der Waals surface area contributed by atoms with E-state index in [2.05, 4.69) is 53.8 Å². The van der Waals surface area contributed by atoms with Crippen LogP contribution in [0.4, 0.5) is 5.69 Å². The van der Waals surface area contributed by atoms with Gasteiger partial charge in [-0.05, 0) is 48.9 Å².